The molecule has 0 heterocycles. The number of halogens is 1. The third-order valence-electron chi connectivity index (χ3n) is 1.96. The van der Waals surface area contributed by atoms with Gasteiger partial charge in [0.1, 0.15) is 0 Å². The van der Waals surface area contributed by atoms with Crippen molar-refractivity contribution < 1.29 is 13.3 Å². The van der Waals surface area contributed by atoms with Crippen molar-refractivity contribution in [2.75, 3.05) is 0 Å². The minimum atomic E-state index is -4.10. The molecule has 0 aliphatic carbocycles. The fourth-order valence-corrected chi connectivity index (χ4v) is 2.81. The van der Waals surface area contributed by atoms with Crippen molar-refractivity contribution in [1.29, 1.82) is 0 Å². The largest absolute Gasteiger partial charge is 0.292 e. The molecule has 0 atom stereocenters. The molecule has 1 aromatic rings. The molecule has 0 aliphatic rings. The summed E-state index contributed by atoms with van der Waals surface area (Å²) in [6.45, 7) is 2.92. The Kier molecular flexibility index (Phi) is 3.01. The molecule has 82 valence electrons. The van der Waals surface area contributed by atoms with Crippen LogP contribution >= 0.6 is 10.7 Å². The van der Waals surface area contributed by atoms with Crippen LogP contribution in [0.15, 0.2) is 17.0 Å². The van der Waals surface area contributed by atoms with E-state index in [-0.39, 0.29) is 11.1 Å². The Morgan fingerprint density at radius 2 is 1.73 bits per heavy atom. The van der Waals surface area contributed by atoms with Gasteiger partial charge >= 0.3 is 0 Å². The zero-order chi connectivity index (χ0) is 11.8. The van der Waals surface area contributed by atoms with Crippen LogP contribution < -0.4 is 0 Å². The van der Waals surface area contributed by atoms with Gasteiger partial charge in [0.2, 0.25) is 0 Å². The highest BCUT2D eigenvalue weighted by molar-refractivity contribution is 8.13. The maximum atomic E-state index is 11.2. The first-order valence-electron chi connectivity index (χ1n) is 3.94. The number of nitrogens with zero attached hydrogens (tertiary/aromatic N) is 1. The molecule has 0 unspecified atom stereocenters. The average Bonchev–Trinajstić information content (AvgIpc) is 2.05. The second-order valence-electron chi connectivity index (χ2n) is 3.07. The molecule has 0 bridgehead atoms. The first-order valence-corrected chi connectivity index (χ1v) is 6.25. The molecule has 0 aromatic heterocycles. The summed E-state index contributed by atoms with van der Waals surface area (Å²) in [5, 5.41) is 10.7. The molecule has 7 heteroatoms. The predicted octanol–water partition coefficient (Wildman–Crippen LogP) is 2.14. The number of aryl methyl sites for hydroxylation is 2. The highest BCUT2D eigenvalue weighted by Gasteiger charge is 2.28. The summed E-state index contributed by atoms with van der Waals surface area (Å²) < 4.78 is 22.4. The number of nitro benzene ring substituents is 1. The van der Waals surface area contributed by atoms with Gasteiger partial charge in [0.15, 0.2) is 4.90 Å². The van der Waals surface area contributed by atoms with E-state index in [1.165, 1.54) is 26.0 Å². The van der Waals surface area contributed by atoms with E-state index in [1.807, 2.05) is 0 Å². The summed E-state index contributed by atoms with van der Waals surface area (Å²) >= 11 is 0. The fourth-order valence-electron chi connectivity index (χ4n) is 1.31. The van der Waals surface area contributed by atoms with Crippen molar-refractivity contribution in [3.8, 4) is 0 Å². The first kappa shape index (κ1) is 11.9. The number of hydrogen-bond acceptors (Lipinski definition) is 4. The van der Waals surface area contributed by atoms with Gasteiger partial charge in [-0.2, -0.15) is 0 Å². The molecular weight excluding hydrogens is 242 g/mol. The molecule has 0 spiro atoms. The van der Waals surface area contributed by atoms with E-state index in [9.17, 15) is 18.5 Å². The highest BCUT2D eigenvalue weighted by Crippen LogP contribution is 2.32. The van der Waals surface area contributed by atoms with Crippen LogP contribution in [0.2, 0.25) is 0 Å². The monoisotopic (exact) mass is 249 g/mol. The minimum absolute atomic E-state index is 0.266. The van der Waals surface area contributed by atoms with Crippen molar-refractivity contribution in [2.45, 2.75) is 18.7 Å². The lowest BCUT2D eigenvalue weighted by Gasteiger charge is -2.05. The molecule has 0 aliphatic heterocycles. The molecule has 15 heavy (non-hydrogen) atoms. The smallest absolute Gasteiger partial charge is 0.258 e. The first-order chi connectivity index (χ1) is 6.75. The Morgan fingerprint density at radius 3 is 2.07 bits per heavy atom. The van der Waals surface area contributed by atoms with Crippen molar-refractivity contribution in [3.05, 3.63) is 33.4 Å². The number of rotatable bonds is 2. The molecule has 0 saturated heterocycles. The lowest BCUT2D eigenvalue weighted by Crippen LogP contribution is -2.03. The van der Waals surface area contributed by atoms with Gasteiger partial charge in [0.25, 0.3) is 14.7 Å². The number of hydrogen-bond donors (Lipinski definition) is 0. The molecule has 0 fully saturated rings. The average molecular weight is 250 g/mol. The second-order valence-corrected chi connectivity index (χ2v) is 5.57. The third-order valence-corrected chi connectivity index (χ3v) is 3.42. The van der Waals surface area contributed by atoms with Gasteiger partial charge < -0.3 is 0 Å². The molecular formula is C8H8ClNO4S. The van der Waals surface area contributed by atoms with E-state index in [0.717, 1.165) is 0 Å². The summed E-state index contributed by atoms with van der Waals surface area (Å²) in [7, 11) is 1.05. The van der Waals surface area contributed by atoms with Crippen molar-refractivity contribution in [2.24, 2.45) is 0 Å². The summed E-state index contributed by atoms with van der Waals surface area (Å²) in [5.41, 5.74) is 0.0807. The molecule has 5 nitrogen and oxygen atoms in total. The van der Waals surface area contributed by atoms with Crippen molar-refractivity contribution in [3.63, 3.8) is 0 Å². The van der Waals surface area contributed by atoms with Crippen LogP contribution in [0.3, 0.4) is 0 Å². The lowest BCUT2D eigenvalue weighted by molar-refractivity contribution is -0.388. The molecule has 1 aromatic carbocycles. The minimum Gasteiger partial charge on any atom is -0.258 e. The molecule has 1 rings (SSSR count). The van der Waals surface area contributed by atoms with Gasteiger partial charge in [-0.3, -0.25) is 10.1 Å². The van der Waals surface area contributed by atoms with Gasteiger partial charge in [-0.15, -0.1) is 0 Å². The topological polar surface area (TPSA) is 77.3 Å². The number of nitro groups is 1. The fraction of sp³-hybridized carbons (Fsp3) is 0.250. The maximum absolute atomic E-state index is 11.2. The Morgan fingerprint density at radius 1 is 1.27 bits per heavy atom. The zero-order valence-electron chi connectivity index (χ0n) is 8.02. The maximum Gasteiger partial charge on any atom is 0.292 e. The van der Waals surface area contributed by atoms with Gasteiger partial charge in [-0.1, -0.05) is 12.1 Å². The van der Waals surface area contributed by atoms with Crippen LogP contribution in [0.1, 0.15) is 11.1 Å². The number of benzene rings is 1. The van der Waals surface area contributed by atoms with Crippen LogP contribution in [0.5, 0.6) is 0 Å². The standard InChI is InChI=1S/C8H8ClNO4S/c1-5-3-4-6(2)8(15(9,13)14)7(5)10(11)12/h3-4H,1-2H3. The molecule has 0 radical (unpaired) electrons. The van der Waals surface area contributed by atoms with Crippen LogP contribution in [0, 0.1) is 24.0 Å². The molecule has 0 saturated carbocycles. The van der Waals surface area contributed by atoms with E-state index < -0.39 is 24.6 Å². The second kappa shape index (κ2) is 3.79. The normalized spacial score (nSPS) is 11.4. The van der Waals surface area contributed by atoms with E-state index >= 15 is 0 Å². The Balaban J connectivity index is 3.76. The van der Waals surface area contributed by atoms with Crippen molar-refractivity contribution in [1.82, 2.24) is 0 Å². The quantitative estimate of drug-likeness (QED) is 0.457. The Bertz CT molecular complexity index is 524. The lowest BCUT2D eigenvalue weighted by atomic mass is 10.1. The SMILES string of the molecule is Cc1ccc(C)c(S(=O)(=O)Cl)c1[N+](=O)[O-]. The van der Waals surface area contributed by atoms with Gasteiger partial charge in [-0.25, -0.2) is 8.42 Å². The predicted molar refractivity (Wildman–Crippen MR) is 55.6 cm³/mol. The van der Waals surface area contributed by atoms with Crippen LogP contribution in [-0.4, -0.2) is 13.3 Å². The highest BCUT2D eigenvalue weighted by atomic mass is 35.7. The van der Waals surface area contributed by atoms with E-state index in [4.69, 9.17) is 10.7 Å². The van der Waals surface area contributed by atoms with E-state index in [2.05, 4.69) is 0 Å². The van der Waals surface area contributed by atoms with E-state index in [0.29, 0.717) is 0 Å². The van der Waals surface area contributed by atoms with E-state index in [1.54, 1.807) is 0 Å². The van der Waals surface area contributed by atoms with Crippen LogP contribution in [0.25, 0.3) is 0 Å². The van der Waals surface area contributed by atoms with Gasteiger partial charge in [0.05, 0.1) is 4.92 Å². The zero-order valence-corrected chi connectivity index (χ0v) is 9.59. The summed E-state index contributed by atoms with van der Waals surface area (Å²) in [6, 6.07) is 2.97. The molecule has 0 N–H and O–H groups in total. The summed E-state index contributed by atoms with van der Waals surface area (Å²) in [6.07, 6.45) is 0. The van der Waals surface area contributed by atoms with Crippen LogP contribution in [-0.2, 0) is 9.05 Å². The summed E-state index contributed by atoms with van der Waals surface area (Å²) in [4.78, 5) is 9.56. The summed E-state index contributed by atoms with van der Waals surface area (Å²) in [5.74, 6) is 0. The third kappa shape index (κ3) is 2.27. The molecule has 0 amide bonds. The Hall–Kier alpha value is -1.14. The Labute approximate surface area is 91.2 Å². The van der Waals surface area contributed by atoms with Crippen LogP contribution in [0.4, 0.5) is 5.69 Å². The van der Waals surface area contributed by atoms with Crippen molar-refractivity contribution >= 4 is 25.4 Å². The van der Waals surface area contributed by atoms with Gasteiger partial charge in [0, 0.05) is 16.2 Å². The van der Waals surface area contributed by atoms with Gasteiger partial charge in [-0.05, 0) is 19.4 Å².